The van der Waals surface area contributed by atoms with Gasteiger partial charge in [-0.25, -0.2) is 0 Å². The second kappa shape index (κ2) is 5.36. The fraction of sp³-hybridized carbons (Fsp3) is 0.200. The van der Waals surface area contributed by atoms with Gasteiger partial charge >= 0.3 is 0 Å². The van der Waals surface area contributed by atoms with Crippen molar-refractivity contribution in [3.05, 3.63) is 59.2 Å². The molecule has 0 spiro atoms. The monoisotopic (exact) mass is 259 g/mol. The van der Waals surface area contributed by atoms with E-state index in [2.05, 4.69) is 0 Å². The first-order valence-corrected chi connectivity index (χ1v) is 7.19. The topological polar surface area (TPSA) is 43.1 Å². The van der Waals surface area contributed by atoms with Gasteiger partial charge in [-0.3, -0.25) is 4.21 Å². The van der Waals surface area contributed by atoms with Crippen LogP contribution in [0.5, 0.6) is 0 Å². The van der Waals surface area contributed by atoms with Crippen LogP contribution in [0.2, 0.25) is 0 Å². The Bertz CT molecular complexity index is 593. The Morgan fingerprint density at radius 1 is 1.06 bits per heavy atom. The normalized spacial score (nSPS) is 12.3. The van der Waals surface area contributed by atoms with Gasteiger partial charge in [0.2, 0.25) is 0 Å². The van der Waals surface area contributed by atoms with Crippen LogP contribution in [0.4, 0.5) is 5.69 Å². The first-order chi connectivity index (χ1) is 8.58. The highest BCUT2D eigenvalue weighted by molar-refractivity contribution is 7.84. The van der Waals surface area contributed by atoms with Crippen molar-refractivity contribution in [3.63, 3.8) is 0 Å². The summed E-state index contributed by atoms with van der Waals surface area (Å²) in [5.74, 6) is 0.539. The molecule has 0 saturated heterocycles. The van der Waals surface area contributed by atoms with E-state index in [-0.39, 0.29) is 0 Å². The molecule has 0 aliphatic rings. The Morgan fingerprint density at radius 3 is 2.50 bits per heavy atom. The summed E-state index contributed by atoms with van der Waals surface area (Å²) in [4.78, 5) is 0.832. The van der Waals surface area contributed by atoms with E-state index in [4.69, 9.17) is 5.73 Å². The van der Waals surface area contributed by atoms with Crippen molar-refractivity contribution in [2.45, 2.75) is 24.5 Å². The van der Waals surface area contributed by atoms with Gasteiger partial charge in [0.1, 0.15) is 0 Å². The predicted octanol–water partition coefficient (Wildman–Crippen LogP) is 3.19. The molecule has 0 heterocycles. The maximum atomic E-state index is 12.4. The summed E-state index contributed by atoms with van der Waals surface area (Å²) in [5.41, 5.74) is 9.74. The highest BCUT2D eigenvalue weighted by Gasteiger charge is 2.09. The standard InChI is InChI=1S/C15H17NOS/c1-11-5-3-4-6-13(11)10-18(17)15-9-14(16)8-7-12(15)2/h3-9H,10,16H2,1-2H3. The third-order valence-electron chi connectivity index (χ3n) is 3.01. The van der Waals surface area contributed by atoms with E-state index < -0.39 is 10.8 Å². The highest BCUT2D eigenvalue weighted by Crippen LogP contribution is 2.20. The van der Waals surface area contributed by atoms with E-state index in [0.717, 1.165) is 16.0 Å². The SMILES string of the molecule is Cc1ccccc1CS(=O)c1cc(N)ccc1C. The minimum atomic E-state index is -1.05. The Hall–Kier alpha value is -1.61. The average Bonchev–Trinajstić information content (AvgIpc) is 2.35. The zero-order valence-electron chi connectivity index (χ0n) is 10.6. The van der Waals surface area contributed by atoms with Crippen molar-refractivity contribution in [3.8, 4) is 0 Å². The Balaban J connectivity index is 2.28. The third-order valence-corrected chi connectivity index (χ3v) is 4.51. The van der Waals surface area contributed by atoms with Gasteiger partial charge in [-0.15, -0.1) is 0 Å². The van der Waals surface area contributed by atoms with Gasteiger partial charge in [-0.1, -0.05) is 30.3 Å². The maximum absolute atomic E-state index is 12.4. The van der Waals surface area contributed by atoms with Gasteiger partial charge in [0, 0.05) is 10.6 Å². The molecule has 1 unspecified atom stereocenters. The largest absolute Gasteiger partial charge is 0.399 e. The molecule has 2 aromatic carbocycles. The summed E-state index contributed by atoms with van der Waals surface area (Å²) < 4.78 is 12.4. The van der Waals surface area contributed by atoms with Crippen molar-refractivity contribution in [2.75, 3.05) is 5.73 Å². The summed E-state index contributed by atoms with van der Waals surface area (Å²) >= 11 is 0. The quantitative estimate of drug-likeness (QED) is 0.860. The van der Waals surface area contributed by atoms with Gasteiger partial charge in [0.15, 0.2) is 0 Å². The van der Waals surface area contributed by atoms with E-state index in [1.54, 1.807) is 0 Å². The summed E-state index contributed by atoms with van der Waals surface area (Å²) in [6.07, 6.45) is 0. The lowest BCUT2D eigenvalue weighted by molar-refractivity contribution is 0.682. The number of hydrogen-bond donors (Lipinski definition) is 1. The molecule has 2 rings (SSSR count). The number of benzene rings is 2. The Labute approximate surface area is 110 Å². The van der Waals surface area contributed by atoms with Crippen molar-refractivity contribution < 1.29 is 4.21 Å². The second-order valence-electron chi connectivity index (χ2n) is 4.44. The molecule has 0 aliphatic heterocycles. The average molecular weight is 259 g/mol. The van der Waals surface area contributed by atoms with Crippen LogP contribution in [0.1, 0.15) is 16.7 Å². The van der Waals surface area contributed by atoms with Crippen molar-refractivity contribution >= 4 is 16.5 Å². The third kappa shape index (κ3) is 2.79. The lowest BCUT2D eigenvalue weighted by Crippen LogP contribution is -2.01. The summed E-state index contributed by atoms with van der Waals surface area (Å²) in [5, 5.41) is 0. The molecule has 2 nitrogen and oxygen atoms in total. The fourth-order valence-electron chi connectivity index (χ4n) is 1.85. The molecular weight excluding hydrogens is 242 g/mol. The molecule has 0 bridgehead atoms. The number of hydrogen-bond acceptors (Lipinski definition) is 2. The van der Waals surface area contributed by atoms with Crippen LogP contribution in [-0.2, 0) is 16.6 Å². The van der Waals surface area contributed by atoms with E-state index in [1.807, 2.05) is 56.3 Å². The van der Waals surface area contributed by atoms with E-state index in [9.17, 15) is 4.21 Å². The number of nitrogens with two attached hydrogens (primary N) is 1. The molecule has 2 N–H and O–H groups in total. The van der Waals surface area contributed by atoms with Crippen LogP contribution in [0.3, 0.4) is 0 Å². The van der Waals surface area contributed by atoms with Gasteiger partial charge in [-0.2, -0.15) is 0 Å². The van der Waals surface area contributed by atoms with Crippen molar-refractivity contribution in [2.24, 2.45) is 0 Å². The van der Waals surface area contributed by atoms with E-state index >= 15 is 0 Å². The molecule has 0 saturated carbocycles. The minimum absolute atomic E-state index is 0.539. The number of anilines is 1. The molecular formula is C15H17NOS. The van der Waals surface area contributed by atoms with Gasteiger partial charge in [-0.05, 0) is 42.7 Å². The van der Waals surface area contributed by atoms with Crippen LogP contribution in [0.15, 0.2) is 47.4 Å². The van der Waals surface area contributed by atoms with Crippen molar-refractivity contribution in [1.29, 1.82) is 0 Å². The van der Waals surface area contributed by atoms with Crippen molar-refractivity contribution in [1.82, 2.24) is 0 Å². The lowest BCUT2D eigenvalue weighted by atomic mass is 10.1. The van der Waals surface area contributed by atoms with Crippen LogP contribution in [0, 0.1) is 13.8 Å². The lowest BCUT2D eigenvalue weighted by Gasteiger charge is -2.09. The number of nitrogen functional groups attached to an aromatic ring is 1. The zero-order chi connectivity index (χ0) is 13.1. The molecule has 2 aromatic rings. The van der Waals surface area contributed by atoms with Crippen LogP contribution in [0.25, 0.3) is 0 Å². The van der Waals surface area contributed by atoms with Gasteiger partial charge in [0.25, 0.3) is 0 Å². The van der Waals surface area contributed by atoms with E-state index in [0.29, 0.717) is 11.4 Å². The first-order valence-electron chi connectivity index (χ1n) is 5.87. The molecule has 1 atom stereocenters. The molecule has 0 amide bonds. The van der Waals surface area contributed by atoms with Crippen LogP contribution < -0.4 is 5.73 Å². The number of aryl methyl sites for hydroxylation is 2. The molecule has 0 aromatic heterocycles. The van der Waals surface area contributed by atoms with Gasteiger partial charge in [0.05, 0.1) is 16.6 Å². The summed E-state index contributed by atoms with van der Waals surface area (Å²) in [6.45, 7) is 4.00. The smallest absolute Gasteiger partial charge is 0.0577 e. The van der Waals surface area contributed by atoms with Crippen LogP contribution >= 0.6 is 0 Å². The predicted molar refractivity (Wildman–Crippen MR) is 76.9 cm³/mol. The molecule has 94 valence electrons. The summed E-state index contributed by atoms with van der Waals surface area (Å²) in [7, 11) is -1.05. The Morgan fingerprint density at radius 2 is 1.78 bits per heavy atom. The van der Waals surface area contributed by atoms with Gasteiger partial charge < -0.3 is 5.73 Å². The zero-order valence-corrected chi connectivity index (χ0v) is 11.5. The fourth-order valence-corrected chi connectivity index (χ4v) is 3.31. The molecule has 0 radical (unpaired) electrons. The molecule has 18 heavy (non-hydrogen) atoms. The maximum Gasteiger partial charge on any atom is 0.0577 e. The first kappa shape index (κ1) is 12.8. The molecule has 0 aliphatic carbocycles. The van der Waals surface area contributed by atoms with Crippen LogP contribution in [-0.4, -0.2) is 4.21 Å². The summed E-state index contributed by atoms with van der Waals surface area (Å²) in [6, 6.07) is 13.6. The molecule has 3 heteroatoms. The highest BCUT2D eigenvalue weighted by atomic mass is 32.2. The minimum Gasteiger partial charge on any atom is -0.399 e. The second-order valence-corrected chi connectivity index (χ2v) is 5.86. The van der Waals surface area contributed by atoms with E-state index in [1.165, 1.54) is 5.56 Å². The Kier molecular flexibility index (Phi) is 3.82. The number of rotatable bonds is 3. The molecule has 0 fully saturated rings.